The number of carbonyl (C=O) groups is 2. The Morgan fingerprint density at radius 2 is 1.45 bits per heavy atom. The van der Waals surface area contributed by atoms with Crippen LogP contribution in [-0.4, -0.2) is 24.0 Å². The molecule has 2 aromatic rings. The number of hydrogen-bond acceptors (Lipinski definition) is 3. The van der Waals surface area contributed by atoms with Gasteiger partial charge < -0.3 is 0 Å². The number of halogens is 6. The zero-order valence-corrected chi connectivity index (χ0v) is 15.1. The van der Waals surface area contributed by atoms with E-state index in [0.29, 0.717) is 4.90 Å². The fourth-order valence-corrected chi connectivity index (χ4v) is 3.72. The van der Waals surface area contributed by atoms with Crippen molar-refractivity contribution >= 4 is 29.1 Å². The van der Waals surface area contributed by atoms with Gasteiger partial charge in [-0.1, -0.05) is 42.1 Å². The summed E-state index contributed by atoms with van der Waals surface area (Å²) in [5.41, 5.74) is 0.0280. The van der Waals surface area contributed by atoms with Gasteiger partial charge in [-0.15, -0.1) is 0 Å². The van der Waals surface area contributed by atoms with E-state index in [-0.39, 0.29) is 21.1 Å². The topological polar surface area (TPSA) is 37.4 Å². The van der Waals surface area contributed by atoms with Crippen LogP contribution in [0, 0.1) is 5.92 Å². The molecule has 1 aliphatic heterocycles. The molecule has 0 aromatic heterocycles. The third-order valence-electron chi connectivity index (χ3n) is 4.00. The molecule has 0 unspecified atom stereocenters. The minimum absolute atomic E-state index is 0.161. The number of alkyl halides is 6. The number of anilines is 1. The first-order valence-electron chi connectivity index (χ1n) is 8.05. The summed E-state index contributed by atoms with van der Waals surface area (Å²) in [4.78, 5) is 25.5. The third-order valence-corrected chi connectivity index (χ3v) is 5.08. The van der Waals surface area contributed by atoms with Crippen molar-refractivity contribution < 1.29 is 35.9 Å². The van der Waals surface area contributed by atoms with Gasteiger partial charge in [0.25, 0.3) is 5.91 Å². The van der Waals surface area contributed by atoms with Crippen LogP contribution in [0.3, 0.4) is 0 Å². The first-order valence-corrected chi connectivity index (χ1v) is 8.87. The van der Waals surface area contributed by atoms with Gasteiger partial charge >= 0.3 is 12.4 Å². The highest BCUT2D eigenvalue weighted by Gasteiger charge is 2.62. The number of allylic oxidation sites excluding steroid dienone is 1. The zero-order chi connectivity index (χ0) is 21.4. The van der Waals surface area contributed by atoms with Crippen molar-refractivity contribution in [3.8, 4) is 0 Å². The summed E-state index contributed by atoms with van der Waals surface area (Å²) in [6.07, 6.45) is -11.0. The van der Waals surface area contributed by atoms with E-state index in [1.165, 1.54) is 36.4 Å². The van der Waals surface area contributed by atoms with Crippen LogP contribution in [0.25, 0.3) is 0 Å². The zero-order valence-electron chi connectivity index (χ0n) is 14.3. The van der Waals surface area contributed by atoms with Crippen molar-refractivity contribution in [1.29, 1.82) is 0 Å². The number of amides is 1. The third kappa shape index (κ3) is 4.31. The molecule has 0 spiro atoms. The van der Waals surface area contributed by atoms with Crippen LogP contribution < -0.4 is 4.90 Å². The molecule has 29 heavy (non-hydrogen) atoms. The minimum Gasteiger partial charge on any atom is -0.288 e. The number of benzene rings is 2. The van der Waals surface area contributed by atoms with E-state index in [1.807, 2.05) is 0 Å². The SMILES string of the molecule is O=C1C(=CN(C(=O)C(C(F)(F)F)C(F)(F)F)c2ccccc2)Sc2ccccc21. The Morgan fingerprint density at radius 3 is 2.00 bits per heavy atom. The van der Waals surface area contributed by atoms with Gasteiger partial charge in [0.1, 0.15) is 0 Å². The lowest BCUT2D eigenvalue weighted by Crippen LogP contribution is -2.48. The van der Waals surface area contributed by atoms with Gasteiger partial charge in [-0.05, 0) is 24.3 Å². The summed E-state index contributed by atoms with van der Waals surface area (Å²) in [5, 5.41) is 0. The fourth-order valence-electron chi connectivity index (χ4n) is 2.70. The number of rotatable bonds is 3. The van der Waals surface area contributed by atoms with Crippen LogP contribution in [0.5, 0.6) is 0 Å². The maximum Gasteiger partial charge on any atom is 0.409 e. The highest BCUT2D eigenvalue weighted by molar-refractivity contribution is 8.04. The van der Waals surface area contributed by atoms with E-state index in [2.05, 4.69) is 0 Å². The average Bonchev–Trinajstić information content (AvgIpc) is 2.94. The largest absolute Gasteiger partial charge is 0.409 e. The highest BCUT2D eigenvalue weighted by Crippen LogP contribution is 2.43. The fraction of sp³-hybridized carbons (Fsp3) is 0.158. The second-order valence-corrected chi connectivity index (χ2v) is 7.06. The number of ketones is 1. The molecule has 10 heteroatoms. The number of hydrogen-bond donors (Lipinski definition) is 0. The predicted molar refractivity (Wildman–Crippen MR) is 94.2 cm³/mol. The summed E-state index contributed by atoms with van der Waals surface area (Å²) in [5.74, 6) is -7.06. The normalized spacial score (nSPS) is 15.7. The van der Waals surface area contributed by atoms with Crippen molar-refractivity contribution in [3.05, 3.63) is 71.3 Å². The molecule has 0 saturated carbocycles. The van der Waals surface area contributed by atoms with E-state index < -0.39 is 30.0 Å². The van der Waals surface area contributed by atoms with Crippen LogP contribution in [0.4, 0.5) is 32.0 Å². The quantitative estimate of drug-likeness (QED) is 0.470. The van der Waals surface area contributed by atoms with E-state index >= 15 is 0 Å². The Hall–Kier alpha value is -2.75. The molecule has 1 aliphatic rings. The average molecular weight is 431 g/mol. The second kappa shape index (κ2) is 7.58. The molecule has 0 saturated heterocycles. The summed E-state index contributed by atoms with van der Waals surface area (Å²) < 4.78 is 78.5. The first-order chi connectivity index (χ1) is 13.5. The molecule has 0 bridgehead atoms. The molecule has 0 radical (unpaired) electrons. The van der Waals surface area contributed by atoms with Crippen molar-refractivity contribution in [2.24, 2.45) is 5.92 Å². The lowest BCUT2D eigenvalue weighted by atomic mass is 10.1. The Balaban J connectivity index is 2.08. The molecule has 0 atom stereocenters. The molecule has 3 nitrogen and oxygen atoms in total. The summed E-state index contributed by atoms with van der Waals surface area (Å²) in [6.45, 7) is 0. The number of carbonyl (C=O) groups excluding carboxylic acids is 2. The molecule has 0 fully saturated rings. The lowest BCUT2D eigenvalue weighted by Gasteiger charge is -2.27. The van der Waals surface area contributed by atoms with E-state index in [9.17, 15) is 35.9 Å². The Morgan fingerprint density at radius 1 is 0.897 bits per heavy atom. The number of thioether (sulfide) groups is 1. The van der Waals surface area contributed by atoms with Crippen LogP contribution in [0.1, 0.15) is 10.4 Å². The van der Waals surface area contributed by atoms with Gasteiger partial charge in [0.2, 0.25) is 11.7 Å². The van der Waals surface area contributed by atoms with Gasteiger partial charge in [0.15, 0.2) is 0 Å². The second-order valence-electron chi connectivity index (χ2n) is 5.98. The van der Waals surface area contributed by atoms with Gasteiger partial charge in [-0.3, -0.25) is 14.5 Å². The van der Waals surface area contributed by atoms with Gasteiger partial charge in [0.05, 0.1) is 4.91 Å². The van der Waals surface area contributed by atoms with Crippen LogP contribution in [0.15, 0.2) is 70.6 Å². The summed E-state index contributed by atoms with van der Waals surface area (Å²) in [6, 6.07) is 12.8. The van der Waals surface area contributed by atoms with E-state index in [4.69, 9.17) is 0 Å². The molecular weight excluding hydrogens is 420 g/mol. The van der Waals surface area contributed by atoms with Crippen molar-refractivity contribution in [2.45, 2.75) is 17.2 Å². The molecule has 0 N–H and O–H groups in total. The standard InChI is InChI=1S/C19H11F6NO2S/c20-18(21,22)16(19(23,24)25)17(28)26(11-6-2-1-3-7-11)10-14-15(27)12-8-4-5-9-13(12)29-14/h1-10,16H. The van der Waals surface area contributed by atoms with Crippen molar-refractivity contribution in [1.82, 2.24) is 0 Å². The number of para-hydroxylation sites is 1. The van der Waals surface area contributed by atoms with Gasteiger partial charge in [-0.25, -0.2) is 0 Å². The monoisotopic (exact) mass is 431 g/mol. The van der Waals surface area contributed by atoms with Crippen LogP contribution >= 0.6 is 11.8 Å². The molecular formula is C19H11F6NO2S. The first kappa shape index (κ1) is 21.0. The minimum atomic E-state index is -5.85. The van der Waals surface area contributed by atoms with Crippen molar-refractivity contribution in [2.75, 3.05) is 4.90 Å². The Labute approximate surface area is 165 Å². The number of fused-ring (bicyclic) bond motifs is 1. The number of Topliss-reactive ketones (excluding diaryl/α,β-unsaturated/α-hetero) is 1. The van der Waals surface area contributed by atoms with Crippen LogP contribution in [-0.2, 0) is 4.79 Å². The van der Waals surface area contributed by atoms with Crippen LogP contribution in [0.2, 0.25) is 0 Å². The van der Waals surface area contributed by atoms with Gasteiger partial charge in [-0.2, -0.15) is 26.3 Å². The highest BCUT2D eigenvalue weighted by atomic mass is 32.2. The smallest absolute Gasteiger partial charge is 0.288 e. The molecule has 0 aliphatic carbocycles. The van der Waals surface area contributed by atoms with E-state index in [1.54, 1.807) is 18.2 Å². The number of nitrogens with zero attached hydrogens (tertiary/aromatic N) is 1. The van der Waals surface area contributed by atoms with Crippen molar-refractivity contribution in [3.63, 3.8) is 0 Å². The Bertz CT molecular complexity index is 955. The lowest BCUT2D eigenvalue weighted by molar-refractivity contribution is -0.273. The van der Waals surface area contributed by atoms with E-state index in [0.717, 1.165) is 18.0 Å². The maximum absolute atomic E-state index is 13.1. The molecule has 2 aromatic carbocycles. The molecule has 152 valence electrons. The summed E-state index contributed by atoms with van der Waals surface area (Å²) >= 11 is 0.867. The summed E-state index contributed by atoms with van der Waals surface area (Å²) in [7, 11) is 0. The maximum atomic E-state index is 13.1. The Kier molecular flexibility index (Phi) is 5.48. The molecule has 1 amide bonds. The van der Waals surface area contributed by atoms with Gasteiger partial charge in [0, 0.05) is 22.3 Å². The molecule has 3 rings (SSSR count). The predicted octanol–water partition coefficient (Wildman–Crippen LogP) is 5.59. The molecule has 1 heterocycles.